The summed E-state index contributed by atoms with van der Waals surface area (Å²) in [5.41, 5.74) is 3.03. The summed E-state index contributed by atoms with van der Waals surface area (Å²) >= 11 is 0. The highest BCUT2D eigenvalue weighted by molar-refractivity contribution is 6.07. The van der Waals surface area contributed by atoms with Crippen LogP contribution in [-0.4, -0.2) is 11.8 Å². The largest absolute Gasteiger partial charge is 0.322 e. The quantitative estimate of drug-likeness (QED) is 0.679. The molecule has 3 aromatic carbocycles. The molecule has 0 bridgehead atoms. The van der Waals surface area contributed by atoms with Crippen molar-refractivity contribution in [2.75, 3.05) is 10.6 Å². The molecule has 4 nitrogen and oxygen atoms in total. The Morgan fingerprint density at radius 1 is 0.815 bits per heavy atom. The molecule has 0 unspecified atom stereocenters. The van der Waals surface area contributed by atoms with E-state index in [0.717, 1.165) is 17.7 Å². The summed E-state index contributed by atoms with van der Waals surface area (Å²) in [6.07, 6.45) is 0.815. The summed E-state index contributed by atoms with van der Waals surface area (Å²) in [7, 11) is 0. The third-order valence-corrected chi connectivity index (χ3v) is 4.14. The van der Waals surface area contributed by atoms with Gasteiger partial charge in [0.05, 0.1) is 0 Å². The number of halogens is 1. The molecule has 2 N–H and O–H groups in total. The normalized spacial score (nSPS) is 10.3. The number of para-hydroxylation sites is 1. The van der Waals surface area contributed by atoms with Crippen molar-refractivity contribution in [3.8, 4) is 0 Å². The molecular formula is C22H19FN2O2. The van der Waals surface area contributed by atoms with E-state index in [1.54, 1.807) is 30.3 Å². The Kier molecular flexibility index (Phi) is 5.61. The van der Waals surface area contributed by atoms with Crippen LogP contribution in [0.2, 0.25) is 0 Å². The van der Waals surface area contributed by atoms with Crippen molar-refractivity contribution < 1.29 is 14.0 Å². The minimum atomic E-state index is -0.424. The molecule has 2 amide bonds. The molecular weight excluding hydrogens is 343 g/mol. The number of aryl methyl sites for hydroxylation is 1. The van der Waals surface area contributed by atoms with E-state index in [4.69, 9.17) is 0 Å². The molecule has 0 radical (unpaired) electrons. The van der Waals surface area contributed by atoms with Crippen LogP contribution in [0.5, 0.6) is 0 Å². The summed E-state index contributed by atoms with van der Waals surface area (Å²) < 4.78 is 13.2. The van der Waals surface area contributed by atoms with Gasteiger partial charge in [0.1, 0.15) is 5.82 Å². The van der Waals surface area contributed by atoms with Gasteiger partial charge in [0, 0.05) is 22.5 Å². The second-order valence-corrected chi connectivity index (χ2v) is 6.01. The summed E-state index contributed by atoms with van der Waals surface area (Å²) in [6.45, 7) is 2.02. The van der Waals surface area contributed by atoms with Crippen LogP contribution in [0.3, 0.4) is 0 Å². The molecule has 0 saturated carbocycles. The lowest BCUT2D eigenvalue weighted by Gasteiger charge is -2.10. The number of benzene rings is 3. The molecule has 0 aliphatic heterocycles. The predicted molar refractivity (Wildman–Crippen MR) is 105 cm³/mol. The molecule has 5 heteroatoms. The number of rotatable bonds is 5. The second-order valence-electron chi connectivity index (χ2n) is 6.01. The van der Waals surface area contributed by atoms with E-state index in [0.29, 0.717) is 16.8 Å². The monoisotopic (exact) mass is 362 g/mol. The van der Waals surface area contributed by atoms with Gasteiger partial charge in [-0.2, -0.15) is 0 Å². The maximum atomic E-state index is 13.2. The van der Waals surface area contributed by atoms with Crippen molar-refractivity contribution in [1.29, 1.82) is 0 Å². The number of carbonyl (C=O) groups is 2. The Morgan fingerprint density at radius 2 is 1.44 bits per heavy atom. The van der Waals surface area contributed by atoms with E-state index in [1.165, 1.54) is 18.2 Å². The van der Waals surface area contributed by atoms with Crippen LogP contribution in [0.1, 0.15) is 33.2 Å². The summed E-state index contributed by atoms with van der Waals surface area (Å²) in [4.78, 5) is 24.7. The first-order valence-electron chi connectivity index (χ1n) is 8.63. The maximum absolute atomic E-state index is 13.2. The minimum Gasteiger partial charge on any atom is -0.322 e. The molecule has 0 aromatic heterocycles. The van der Waals surface area contributed by atoms with Crippen molar-refractivity contribution in [3.05, 3.63) is 95.3 Å². The average molecular weight is 362 g/mol. The lowest BCUT2D eigenvalue weighted by Crippen LogP contribution is -2.15. The number of hydrogen-bond acceptors (Lipinski definition) is 2. The number of hydrogen-bond donors (Lipinski definition) is 2. The molecule has 0 atom stereocenters. The SMILES string of the molecule is CCc1ccccc1NC(=O)c1ccc(C(=O)Nc2cccc(F)c2)cc1. The highest BCUT2D eigenvalue weighted by Gasteiger charge is 2.11. The lowest BCUT2D eigenvalue weighted by atomic mass is 10.1. The summed E-state index contributed by atoms with van der Waals surface area (Å²) in [6, 6.07) is 19.6. The zero-order valence-electron chi connectivity index (χ0n) is 14.8. The number of amides is 2. The van der Waals surface area contributed by atoms with Crippen molar-refractivity contribution in [3.63, 3.8) is 0 Å². The fourth-order valence-corrected chi connectivity index (χ4v) is 2.69. The van der Waals surface area contributed by atoms with Gasteiger partial charge in [-0.3, -0.25) is 9.59 Å². The molecule has 0 aliphatic carbocycles. The highest BCUT2D eigenvalue weighted by atomic mass is 19.1. The van der Waals surface area contributed by atoms with E-state index < -0.39 is 5.82 Å². The fraction of sp³-hybridized carbons (Fsp3) is 0.0909. The molecule has 3 rings (SSSR count). The zero-order chi connectivity index (χ0) is 19.2. The van der Waals surface area contributed by atoms with Crippen LogP contribution < -0.4 is 10.6 Å². The van der Waals surface area contributed by atoms with Gasteiger partial charge in [0.25, 0.3) is 11.8 Å². The van der Waals surface area contributed by atoms with E-state index in [9.17, 15) is 14.0 Å². The maximum Gasteiger partial charge on any atom is 0.255 e. The molecule has 0 saturated heterocycles. The number of carbonyl (C=O) groups excluding carboxylic acids is 2. The van der Waals surface area contributed by atoms with E-state index >= 15 is 0 Å². The minimum absolute atomic E-state index is 0.243. The van der Waals surface area contributed by atoms with E-state index in [1.807, 2.05) is 31.2 Å². The summed E-state index contributed by atoms with van der Waals surface area (Å²) in [5, 5.41) is 5.51. The smallest absolute Gasteiger partial charge is 0.255 e. The van der Waals surface area contributed by atoms with E-state index in [-0.39, 0.29) is 11.8 Å². The van der Waals surface area contributed by atoms with Crippen LogP contribution in [0.15, 0.2) is 72.8 Å². The van der Waals surface area contributed by atoms with Gasteiger partial charge in [-0.05, 0) is 60.5 Å². The first-order valence-corrected chi connectivity index (χ1v) is 8.63. The lowest BCUT2D eigenvalue weighted by molar-refractivity contribution is 0.101. The summed E-state index contributed by atoms with van der Waals surface area (Å²) in [5.74, 6) is -1.04. The van der Waals surface area contributed by atoms with Crippen LogP contribution in [0, 0.1) is 5.82 Å². The molecule has 136 valence electrons. The van der Waals surface area contributed by atoms with Crippen molar-refractivity contribution >= 4 is 23.2 Å². The zero-order valence-corrected chi connectivity index (χ0v) is 14.8. The van der Waals surface area contributed by atoms with Gasteiger partial charge in [-0.15, -0.1) is 0 Å². The Balaban J connectivity index is 1.69. The number of nitrogens with one attached hydrogen (secondary N) is 2. The van der Waals surface area contributed by atoms with Gasteiger partial charge in [0.15, 0.2) is 0 Å². The van der Waals surface area contributed by atoms with Crippen molar-refractivity contribution in [1.82, 2.24) is 0 Å². The molecule has 0 heterocycles. The number of anilines is 2. The van der Waals surface area contributed by atoms with Crippen LogP contribution in [0.4, 0.5) is 15.8 Å². The Labute approximate surface area is 157 Å². The van der Waals surface area contributed by atoms with Gasteiger partial charge >= 0.3 is 0 Å². The standard InChI is InChI=1S/C22H19FN2O2/c1-2-15-6-3-4-9-20(15)25-22(27)17-12-10-16(11-13-17)21(26)24-19-8-5-7-18(23)14-19/h3-14H,2H2,1H3,(H,24,26)(H,25,27). The first-order chi connectivity index (χ1) is 13.1. The first kappa shape index (κ1) is 18.3. The molecule has 0 spiro atoms. The van der Waals surface area contributed by atoms with Gasteiger partial charge in [-0.25, -0.2) is 4.39 Å². The van der Waals surface area contributed by atoms with E-state index in [2.05, 4.69) is 10.6 Å². The second kappa shape index (κ2) is 8.27. The Morgan fingerprint density at radius 3 is 2.07 bits per heavy atom. The third-order valence-electron chi connectivity index (χ3n) is 4.14. The van der Waals surface area contributed by atoms with Gasteiger partial charge < -0.3 is 10.6 Å². The van der Waals surface area contributed by atoms with Crippen LogP contribution >= 0.6 is 0 Å². The van der Waals surface area contributed by atoms with Gasteiger partial charge in [-0.1, -0.05) is 31.2 Å². The molecule has 0 aliphatic rings. The fourth-order valence-electron chi connectivity index (χ4n) is 2.69. The van der Waals surface area contributed by atoms with Crippen LogP contribution in [0.25, 0.3) is 0 Å². The van der Waals surface area contributed by atoms with Crippen LogP contribution in [-0.2, 0) is 6.42 Å². The van der Waals surface area contributed by atoms with Crippen molar-refractivity contribution in [2.45, 2.75) is 13.3 Å². The average Bonchev–Trinajstić information content (AvgIpc) is 2.68. The molecule has 27 heavy (non-hydrogen) atoms. The Bertz CT molecular complexity index is 968. The predicted octanol–water partition coefficient (Wildman–Crippen LogP) is 4.89. The Hall–Kier alpha value is -3.47. The third kappa shape index (κ3) is 4.58. The highest BCUT2D eigenvalue weighted by Crippen LogP contribution is 2.17. The topological polar surface area (TPSA) is 58.2 Å². The van der Waals surface area contributed by atoms with Gasteiger partial charge in [0.2, 0.25) is 0 Å². The van der Waals surface area contributed by atoms with Crippen molar-refractivity contribution in [2.24, 2.45) is 0 Å². The molecule has 3 aromatic rings. The molecule has 0 fully saturated rings.